The molecule has 0 aliphatic heterocycles. The van der Waals surface area contributed by atoms with E-state index >= 15 is 0 Å². The third-order valence-corrected chi connectivity index (χ3v) is 3.52. The molecule has 17 heavy (non-hydrogen) atoms. The van der Waals surface area contributed by atoms with Gasteiger partial charge in [-0.1, -0.05) is 0 Å². The van der Waals surface area contributed by atoms with Crippen LogP contribution < -0.4 is 11.1 Å². The van der Waals surface area contributed by atoms with Gasteiger partial charge in [-0.05, 0) is 18.8 Å². The van der Waals surface area contributed by atoms with Crippen molar-refractivity contribution in [2.24, 2.45) is 11.7 Å². The molecule has 1 heterocycles. The van der Waals surface area contributed by atoms with Crippen LogP contribution in [0.25, 0.3) is 0 Å². The van der Waals surface area contributed by atoms with E-state index in [9.17, 15) is 9.59 Å². The molecule has 1 saturated carbocycles. The van der Waals surface area contributed by atoms with Gasteiger partial charge in [-0.2, -0.15) is 0 Å². The van der Waals surface area contributed by atoms with Crippen LogP contribution in [-0.2, 0) is 4.79 Å². The molecule has 0 spiro atoms. The van der Waals surface area contributed by atoms with Gasteiger partial charge in [-0.25, -0.2) is 4.98 Å². The highest BCUT2D eigenvalue weighted by Crippen LogP contribution is 2.32. The van der Waals surface area contributed by atoms with Crippen molar-refractivity contribution >= 4 is 28.2 Å². The molecule has 1 aromatic heterocycles. The van der Waals surface area contributed by atoms with Crippen molar-refractivity contribution in [1.82, 2.24) is 4.98 Å². The molecule has 1 aromatic rings. The minimum atomic E-state index is -0.131. The Labute approximate surface area is 103 Å². The number of nitrogens with two attached hydrogens (primary N) is 1. The first-order valence-corrected chi connectivity index (χ1v) is 6.46. The molecule has 1 aliphatic rings. The molecule has 1 fully saturated rings. The van der Waals surface area contributed by atoms with Crippen molar-refractivity contribution < 1.29 is 9.59 Å². The summed E-state index contributed by atoms with van der Waals surface area (Å²) in [5.41, 5.74) is 6.24. The lowest BCUT2D eigenvalue weighted by molar-refractivity contribution is -0.116. The highest BCUT2D eigenvalue weighted by atomic mass is 32.1. The van der Waals surface area contributed by atoms with E-state index < -0.39 is 0 Å². The molecule has 0 aromatic carbocycles. The number of anilines is 1. The Morgan fingerprint density at radius 3 is 2.88 bits per heavy atom. The number of thiazole rings is 1. The highest BCUT2D eigenvalue weighted by Gasteiger charge is 2.29. The number of carbonyl (C=O) groups is 2. The lowest BCUT2D eigenvalue weighted by Gasteiger charge is -2.08. The molecule has 3 N–H and O–H groups in total. The standard InChI is InChI=1S/C11H15N3O2S/c1-6(15)9-5-17-11(13-9)14-10(16)4-8(12)7-2-3-7/h5,7-8H,2-4,12H2,1H3,(H,13,14,16). The zero-order chi connectivity index (χ0) is 12.4. The normalized spacial score (nSPS) is 16.6. The molecule has 92 valence electrons. The van der Waals surface area contributed by atoms with Gasteiger partial charge >= 0.3 is 0 Å². The fraction of sp³-hybridized carbons (Fsp3) is 0.545. The van der Waals surface area contributed by atoms with Gasteiger partial charge in [0, 0.05) is 24.8 Å². The topological polar surface area (TPSA) is 85.1 Å². The van der Waals surface area contributed by atoms with Gasteiger partial charge in [-0.15, -0.1) is 11.3 Å². The highest BCUT2D eigenvalue weighted by molar-refractivity contribution is 7.14. The van der Waals surface area contributed by atoms with Gasteiger partial charge < -0.3 is 11.1 Å². The second-order valence-corrected chi connectivity index (χ2v) is 5.21. The van der Waals surface area contributed by atoms with Crippen molar-refractivity contribution in [3.8, 4) is 0 Å². The van der Waals surface area contributed by atoms with Crippen molar-refractivity contribution in [3.63, 3.8) is 0 Å². The summed E-state index contributed by atoms with van der Waals surface area (Å²) in [4.78, 5) is 26.7. The van der Waals surface area contributed by atoms with Gasteiger partial charge in [0.15, 0.2) is 10.9 Å². The van der Waals surface area contributed by atoms with Crippen LogP contribution in [0.15, 0.2) is 5.38 Å². The summed E-state index contributed by atoms with van der Waals surface area (Å²) < 4.78 is 0. The molecule has 1 atom stereocenters. The Morgan fingerprint density at radius 1 is 1.65 bits per heavy atom. The summed E-state index contributed by atoms with van der Waals surface area (Å²) in [5.74, 6) is 0.273. The number of nitrogens with one attached hydrogen (secondary N) is 1. The second-order valence-electron chi connectivity index (χ2n) is 4.35. The molecule has 0 radical (unpaired) electrons. The van der Waals surface area contributed by atoms with Crippen molar-refractivity contribution in [2.75, 3.05) is 5.32 Å². The first-order valence-electron chi connectivity index (χ1n) is 5.58. The number of hydrogen-bond acceptors (Lipinski definition) is 5. The minimum absolute atomic E-state index is 0.0535. The van der Waals surface area contributed by atoms with Crippen LogP contribution in [0.5, 0.6) is 0 Å². The molecular weight excluding hydrogens is 238 g/mol. The van der Waals surface area contributed by atoms with Crippen LogP contribution >= 0.6 is 11.3 Å². The van der Waals surface area contributed by atoms with Crippen LogP contribution in [0.1, 0.15) is 36.7 Å². The summed E-state index contributed by atoms with van der Waals surface area (Å²) in [5, 5.41) is 4.77. The average molecular weight is 253 g/mol. The molecule has 0 saturated heterocycles. The van der Waals surface area contributed by atoms with Crippen LogP contribution in [0.2, 0.25) is 0 Å². The number of ketones is 1. The fourth-order valence-corrected chi connectivity index (χ4v) is 2.33. The van der Waals surface area contributed by atoms with E-state index in [0.29, 0.717) is 23.2 Å². The number of Topliss-reactive ketones (excluding diaryl/α,β-unsaturated/α-hetero) is 1. The third-order valence-electron chi connectivity index (χ3n) is 2.76. The first kappa shape index (κ1) is 12.2. The summed E-state index contributed by atoms with van der Waals surface area (Å²) in [6, 6.07) is -0.0535. The minimum Gasteiger partial charge on any atom is -0.327 e. The molecule has 1 aliphatic carbocycles. The second kappa shape index (κ2) is 4.93. The van der Waals surface area contributed by atoms with E-state index in [4.69, 9.17) is 5.73 Å². The van der Waals surface area contributed by atoms with Crippen LogP contribution in [0, 0.1) is 5.92 Å². The third kappa shape index (κ3) is 3.34. The number of nitrogens with zero attached hydrogens (tertiary/aromatic N) is 1. The average Bonchev–Trinajstić information content (AvgIpc) is 2.99. The van der Waals surface area contributed by atoms with Crippen LogP contribution in [0.3, 0.4) is 0 Å². The fourth-order valence-electron chi connectivity index (χ4n) is 1.57. The number of aromatic nitrogens is 1. The quantitative estimate of drug-likeness (QED) is 0.777. The Balaban J connectivity index is 1.86. The van der Waals surface area contributed by atoms with Crippen LogP contribution in [-0.4, -0.2) is 22.7 Å². The van der Waals surface area contributed by atoms with E-state index in [-0.39, 0.29) is 17.7 Å². The number of carbonyl (C=O) groups excluding carboxylic acids is 2. The summed E-state index contributed by atoms with van der Waals surface area (Å²) in [6.07, 6.45) is 2.57. The zero-order valence-corrected chi connectivity index (χ0v) is 10.4. The van der Waals surface area contributed by atoms with Crippen molar-refractivity contribution in [2.45, 2.75) is 32.2 Å². The van der Waals surface area contributed by atoms with Gasteiger partial charge in [0.25, 0.3) is 0 Å². The predicted molar refractivity (Wildman–Crippen MR) is 66.1 cm³/mol. The number of amides is 1. The lowest BCUT2D eigenvalue weighted by atomic mass is 10.1. The Morgan fingerprint density at radius 2 is 2.35 bits per heavy atom. The largest absolute Gasteiger partial charge is 0.327 e. The summed E-state index contributed by atoms with van der Waals surface area (Å²) in [7, 11) is 0. The van der Waals surface area contributed by atoms with E-state index in [1.54, 1.807) is 5.38 Å². The maximum atomic E-state index is 11.6. The van der Waals surface area contributed by atoms with Crippen LogP contribution in [0.4, 0.5) is 5.13 Å². The monoisotopic (exact) mass is 253 g/mol. The molecule has 1 unspecified atom stereocenters. The summed E-state index contributed by atoms with van der Waals surface area (Å²) in [6.45, 7) is 1.45. The number of rotatable bonds is 5. The van der Waals surface area contributed by atoms with Crippen molar-refractivity contribution in [1.29, 1.82) is 0 Å². The maximum absolute atomic E-state index is 11.6. The molecule has 1 amide bonds. The zero-order valence-electron chi connectivity index (χ0n) is 9.60. The Kier molecular flexibility index (Phi) is 3.54. The van der Waals surface area contributed by atoms with Gasteiger partial charge in [-0.3, -0.25) is 9.59 Å². The maximum Gasteiger partial charge on any atom is 0.227 e. The Hall–Kier alpha value is -1.27. The number of hydrogen-bond donors (Lipinski definition) is 2. The smallest absolute Gasteiger partial charge is 0.227 e. The first-order chi connectivity index (χ1) is 8.06. The van der Waals surface area contributed by atoms with Gasteiger partial charge in [0.05, 0.1) is 0 Å². The van der Waals surface area contributed by atoms with Gasteiger partial charge in [0.1, 0.15) is 5.69 Å². The molecular formula is C11H15N3O2S. The van der Waals surface area contributed by atoms with E-state index in [1.165, 1.54) is 18.3 Å². The summed E-state index contributed by atoms with van der Waals surface area (Å²) >= 11 is 1.25. The van der Waals surface area contributed by atoms with Gasteiger partial charge in [0.2, 0.25) is 5.91 Å². The lowest BCUT2D eigenvalue weighted by Crippen LogP contribution is -2.28. The Bertz CT molecular complexity index is 440. The van der Waals surface area contributed by atoms with E-state index in [2.05, 4.69) is 10.3 Å². The van der Waals surface area contributed by atoms with E-state index in [1.807, 2.05) is 0 Å². The molecule has 2 rings (SSSR count). The molecule has 0 bridgehead atoms. The predicted octanol–water partition coefficient (Wildman–Crippen LogP) is 1.41. The van der Waals surface area contributed by atoms with Crippen molar-refractivity contribution in [3.05, 3.63) is 11.1 Å². The molecule has 5 nitrogen and oxygen atoms in total. The SMILES string of the molecule is CC(=O)c1csc(NC(=O)CC(N)C2CC2)n1. The van der Waals surface area contributed by atoms with E-state index in [0.717, 1.165) is 12.8 Å². The molecule has 6 heteroatoms.